The number of ether oxygens (including phenoxy) is 2. The first-order valence-corrected chi connectivity index (χ1v) is 10.3. The lowest BCUT2D eigenvalue weighted by molar-refractivity contribution is -0.141. The number of amides is 1. The number of rotatable bonds is 10. The lowest BCUT2D eigenvalue weighted by Crippen LogP contribution is -2.39. The van der Waals surface area contributed by atoms with Crippen molar-refractivity contribution in [3.05, 3.63) is 0 Å². The smallest absolute Gasteiger partial charge is 0.307 e. The van der Waals surface area contributed by atoms with Gasteiger partial charge in [-0.2, -0.15) is 0 Å². The number of carbonyl (C=O) groups excluding carboxylic acids is 2. The van der Waals surface area contributed by atoms with Crippen LogP contribution in [0.3, 0.4) is 0 Å². The molecule has 6 heteroatoms. The van der Waals surface area contributed by atoms with Crippen molar-refractivity contribution in [3.63, 3.8) is 0 Å². The van der Waals surface area contributed by atoms with Crippen molar-refractivity contribution in [1.29, 1.82) is 0 Å². The summed E-state index contributed by atoms with van der Waals surface area (Å²) in [6, 6.07) is 0. The molecule has 0 N–H and O–H groups in total. The molecule has 150 valence electrons. The zero-order chi connectivity index (χ0) is 18.6. The van der Waals surface area contributed by atoms with Gasteiger partial charge < -0.3 is 14.4 Å². The van der Waals surface area contributed by atoms with Crippen molar-refractivity contribution in [2.45, 2.75) is 57.8 Å². The minimum Gasteiger partial charge on any atom is -0.469 e. The molecule has 26 heavy (non-hydrogen) atoms. The van der Waals surface area contributed by atoms with Gasteiger partial charge in [0.15, 0.2) is 0 Å². The van der Waals surface area contributed by atoms with E-state index in [4.69, 9.17) is 9.47 Å². The first kappa shape index (κ1) is 21.2. The predicted octanol–water partition coefficient (Wildman–Crippen LogP) is 2.46. The van der Waals surface area contributed by atoms with Crippen LogP contribution >= 0.6 is 0 Å². The van der Waals surface area contributed by atoms with Crippen molar-refractivity contribution in [2.24, 2.45) is 5.92 Å². The van der Waals surface area contributed by atoms with Crippen molar-refractivity contribution in [1.82, 2.24) is 9.80 Å². The Hall–Kier alpha value is -1.14. The zero-order valence-corrected chi connectivity index (χ0v) is 16.4. The van der Waals surface area contributed by atoms with E-state index in [9.17, 15) is 9.59 Å². The highest BCUT2D eigenvalue weighted by atomic mass is 16.5. The fourth-order valence-electron chi connectivity index (χ4n) is 3.96. The van der Waals surface area contributed by atoms with Gasteiger partial charge in [0.2, 0.25) is 5.91 Å². The molecule has 0 atom stereocenters. The van der Waals surface area contributed by atoms with Crippen molar-refractivity contribution in [3.8, 4) is 0 Å². The SMILES string of the molecule is COC(=O)CCN(CCCN1CCOCC1)C(=O)CCC1CCCCC1. The van der Waals surface area contributed by atoms with Crippen LogP contribution in [0.2, 0.25) is 0 Å². The summed E-state index contributed by atoms with van der Waals surface area (Å²) in [4.78, 5) is 28.5. The Labute approximate surface area is 158 Å². The third-order valence-corrected chi connectivity index (χ3v) is 5.66. The van der Waals surface area contributed by atoms with Crippen LogP contribution in [0.5, 0.6) is 0 Å². The molecule has 6 nitrogen and oxygen atoms in total. The summed E-state index contributed by atoms with van der Waals surface area (Å²) in [5.41, 5.74) is 0. The molecule has 0 aromatic rings. The van der Waals surface area contributed by atoms with E-state index < -0.39 is 0 Å². The topological polar surface area (TPSA) is 59.1 Å². The summed E-state index contributed by atoms with van der Waals surface area (Å²) in [7, 11) is 1.40. The molecule has 0 bridgehead atoms. The van der Waals surface area contributed by atoms with Gasteiger partial charge in [-0.25, -0.2) is 0 Å². The highest BCUT2D eigenvalue weighted by molar-refractivity contribution is 5.77. The number of methoxy groups -OCH3 is 1. The summed E-state index contributed by atoms with van der Waals surface area (Å²) in [5, 5.41) is 0. The molecule has 1 saturated heterocycles. The number of carbonyl (C=O) groups is 2. The van der Waals surface area contributed by atoms with E-state index in [0.717, 1.165) is 52.2 Å². The lowest BCUT2D eigenvalue weighted by Gasteiger charge is -2.29. The third kappa shape index (κ3) is 8.04. The standard InChI is InChI=1S/C20H36N2O4/c1-25-20(24)10-13-22(12-5-11-21-14-16-26-17-15-21)19(23)9-8-18-6-3-2-4-7-18/h18H,2-17H2,1H3. The molecule has 2 rings (SSSR count). The van der Waals surface area contributed by atoms with Gasteiger partial charge in [-0.05, 0) is 18.8 Å². The Morgan fingerprint density at radius 3 is 2.50 bits per heavy atom. The molecule has 1 heterocycles. The van der Waals surface area contributed by atoms with Gasteiger partial charge in [0.05, 0.1) is 26.7 Å². The van der Waals surface area contributed by atoms with Gasteiger partial charge in [0, 0.05) is 39.1 Å². The van der Waals surface area contributed by atoms with Gasteiger partial charge in [0.1, 0.15) is 0 Å². The minimum absolute atomic E-state index is 0.196. The molecule has 0 aromatic heterocycles. The van der Waals surface area contributed by atoms with Crippen LogP contribution in [0, 0.1) is 5.92 Å². The monoisotopic (exact) mass is 368 g/mol. The molecular weight excluding hydrogens is 332 g/mol. The first-order valence-electron chi connectivity index (χ1n) is 10.3. The second kappa shape index (κ2) is 12.3. The largest absolute Gasteiger partial charge is 0.469 e. The second-order valence-corrected chi connectivity index (χ2v) is 7.56. The van der Waals surface area contributed by atoms with E-state index >= 15 is 0 Å². The van der Waals surface area contributed by atoms with Crippen LogP contribution in [0.25, 0.3) is 0 Å². The maximum atomic E-state index is 12.7. The summed E-state index contributed by atoms with van der Waals surface area (Å²) in [6.45, 7) is 5.71. The van der Waals surface area contributed by atoms with E-state index in [0.29, 0.717) is 18.9 Å². The van der Waals surface area contributed by atoms with E-state index in [1.165, 1.54) is 39.2 Å². The zero-order valence-electron chi connectivity index (χ0n) is 16.4. The summed E-state index contributed by atoms with van der Waals surface area (Å²) >= 11 is 0. The highest BCUT2D eigenvalue weighted by Crippen LogP contribution is 2.27. The summed E-state index contributed by atoms with van der Waals surface area (Å²) < 4.78 is 10.1. The molecule has 1 aliphatic heterocycles. The Balaban J connectivity index is 1.74. The molecule has 0 spiro atoms. The van der Waals surface area contributed by atoms with Gasteiger partial charge in [-0.1, -0.05) is 32.1 Å². The summed E-state index contributed by atoms with van der Waals surface area (Å²) in [5.74, 6) is 0.660. The van der Waals surface area contributed by atoms with Crippen LogP contribution in [-0.4, -0.2) is 74.7 Å². The van der Waals surface area contributed by atoms with Crippen LogP contribution in [-0.2, 0) is 19.1 Å². The van der Waals surface area contributed by atoms with E-state index in [2.05, 4.69) is 4.90 Å². The van der Waals surface area contributed by atoms with Crippen LogP contribution in [0.15, 0.2) is 0 Å². The minimum atomic E-state index is -0.247. The Morgan fingerprint density at radius 2 is 1.81 bits per heavy atom. The van der Waals surface area contributed by atoms with Gasteiger partial charge in [-0.3, -0.25) is 14.5 Å². The first-order chi connectivity index (χ1) is 12.7. The molecule has 2 fully saturated rings. The Morgan fingerprint density at radius 1 is 1.08 bits per heavy atom. The number of nitrogens with zero attached hydrogens (tertiary/aromatic N) is 2. The van der Waals surface area contributed by atoms with Crippen LogP contribution < -0.4 is 0 Å². The quantitative estimate of drug-likeness (QED) is 0.555. The fraction of sp³-hybridized carbons (Fsp3) is 0.900. The molecule has 1 saturated carbocycles. The number of hydrogen-bond donors (Lipinski definition) is 0. The van der Waals surface area contributed by atoms with Crippen molar-refractivity contribution >= 4 is 11.9 Å². The molecule has 0 aromatic carbocycles. The predicted molar refractivity (Wildman–Crippen MR) is 101 cm³/mol. The van der Waals surface area contributed by atoms with E-state index in [-0.39, 0.29) is 18.3 Å². The van der Waals surface area contributed by atoms with Gasteiger partial charge in [-0.15, -0.1) is 0 Å². The maximum absolute atomic E-state index is 12.7. The van der Waals surface area contributed by atoms with Crippen LogP contribution in [0.4, 0.5) is 0 Å². The van der Waals surface area contributed by atoms with Crippen molar-refractivity contribution < 1.29 is 19.1 Å². The average molecular weight is 369 g/mol. The van der Waals surface area contributed by atoms with E-state index in [1.54, 1.807) is 0 Å². The molecular formula is C20H36N2O4. The van der Waals surface area contributed by atoms with Gasteiger partial charge >= 0.3 is 5.97 Å². The molecule has 1 aliphatic carbocycles. The maximum Gasteiger partial charge on any atom is 0.307 e. The summed E-state index contributed by atoms with van der Waals surface area (Å²) in [6.07, 6.45) is 9.34. The molecule has 2 aliphatic rings. The highest BCUT2D eigenvalue weighted by Gasteiger charge is 2.19. The number of hydrogen-bond acceptors (Lipinski definition) is 5. The number of esters is 1. The molecule has 0 radical (unpaired) electrons. The second-order valence-electron chi connectivity index (χ2n) is 7.56. The molecule has 1 amide bonds. The number of morpholine rings is 1. The fourth-order valence-corrected chi connectivity index (χ4v) is 3.96. The normalized spacial score (nSPS) is 19.3. The Kier molecular flexibility index (Phi) is 10.00. The third-order valence-electron chi connectivity index (χ3n) is 5.66. The van der Waals surface area contributed by atoms with Crippen molar-refractivity contribution in [2.75, 3.05) is 53.0 Å². The van der Waals surface area contributed by atoms with E-state index in [1.807, 2.05) is 4.90 Å². The lowest BCUT2D eigenvalue weighted by atomic mass is 9.86. The average Bonchev–Trinajstić information content (AvgIpc) is 2.70. The Bertz CT molecular complexity index is 418. The van der Waals surface area contributed by atoms with Gasteiger partial charge in [0.25, 0.3) is 0 Å². The van der Waals surface area contributed by atoms with Crippen LogP contribution in [0.1, 0.15) is 57.8 Å². The molecule has 0 unspecified atom stereocenters.